The Bertz CT molecular complexity index is 1760. The number of methoxy groups -OCH3 is 1. The van der Waals surface area contributed by atoms with Crippen LogP contribution in [0.3, 0.4) is 0 Å². The second-order valence-electron chi connectivity index (χ2n) is 11.5. The van der Waals surface area contributed by atoms with Crippen LogP contribution in [0.25, 0.3) is 0 Å². The van der Waals surface area contributed by atoms with E-state index in [1.165, 1.54) is 24.1 Å². The molecule has 0 aliphatic carbocycles. The number of hydrogen-bond acceptors (Lipinski definition) is 5. The van der Waals surface area contributed by atoms with E-state index < -0.39 is 28.5 Å². The zero-order valence-corrected chi connectivity index (χ0v) is 29.7. The van der Waals surface area contributed by atoms with Crippen molar-refractivity contribution in [3.8, 4) is 5.75 Å². The van der Waals surface area contributed by atoms with Crippen LogP contribution in [-0.2, 0) is 32.6 Å². The predicted octanol–water partition coefficient (Wildman–Crippen LogP) is 6.83. The zero-order chi connectivity index (χ0) is 34.0. The molecule has 47 heavy (non-hydrogen) atoms. The fraction of sp³-hybridized carbons (Fsp3) is 0.297. The third-order valence-corrected chi connectivity index (χ3v) is 10.2. The summed E-state index contributed by atoms with van der Waals surface area (Å²) in [7, 11) is -2.75. The van der Waals surface area contributed by atoms with Gasteiger partial charge in [-0.1, -0.05) is 91.2 Å². The smallest absolute Gasteiger partial charge is 0.264 e. The lowest BCUT2D eigenvalue weighted by Gasteiger charge is -2.34. The topological polar surface area (TPSA) is 96.0 Å². The Morgan fingerprint density at radius 1 is 0.872 bits per heavy atom. The van der Waals surface area contributed by atoms with Crippen LogP contribution in [0.15, 0.2) is 106 Å². The molecule has 0 spiro atoms. The van der Waals surface area contributed by atoms with Crippen LogP contribution in [-0.4, -0.2) is 51.4 Å². The molecule has 2 amide bonds. The number of carbonyl (C=O) groups excluding carboxylic acids is 2. The van der Waals surface area contributed by atoms with Gasteiger partial charge in [0.05, 0.1) is 22.2 Å². The first-order valence-corrected chi connectivity index (χ1v) is 17.9. The summed E-state index contributed by atoms with van der Waals surface area (Å²) in [6, 6.07) is 27.8. The van der Waals surface area contributed by atoms with E-state index in [0.717, 1.165) is 39.4 Å². The Labute approximate surface area is 286 Å². The number of nitrogens with one attached hydrogen (secondary N) is 1. The highest BCUT2D eigenvalue weighted by atomic mass is 79.9. The Morgan fingerprint density at radius 3 is 2.21 bits per heavy atom. The summed E-state index contributed by atoms with van der Waals surface area (Å²) in [4.78, 5) is 30.0. The monoisotopic (exact) mass is 719 g/mol. The van der Waals surface area contributed by atoms with Crippen LogP contribution in [0.1, 0.15) is 42.0 Å². The lowest BCUT2D eigenvalue weighted by atomic mass is 10.0. The minimum atomic E-state index is -4.25. The summed E-state index contributed by atoms with van der Waals surface area (Å²) in [5, 5.41) is 3.02. The molecule has 0 aliphatic rings. The second kappa shape index (κ2) is 16.6. The normalized spacial score (nSPS) is 11.9. The molecule has 0 saturated heterocycles. The van der Waals surface area contributed by atoms with E-state index in [0.29, 0.717) is 22.5 Å². The van der Waals surface area contributed by atoms with Crippen molar-refractivity contribution in [1.82, 2.24) is 10.2 Å². The van der Waals surface area contributed by atoms with Crippen molar-refractivity contribution < 1.29 is 22.7 Å². The van der Waals surface area contributed by atoms with E-state index in [2.05, 4.69) is 21.2 Å². The average molecular weight is 721 g/mol. The van der Waals surface area contributed by atoms with Crippen molar-refractivity contribution in [3.63, 3.8) is 0 Å². The minimum Gasteiger partial charge on any atom is -0.496 e. The molecule has 0 aliphatic heterocycles. The van der Waals surface area contributed by atoms with Gasteiger partial charge in [0.15, 0.2) is 0 Å². The molecule has 0 fully saturated rings. The molecule has 0 aromatic heterocycles. The molecule has 0 saturated carbocycles. The van der Waals surface area contributed by atoms with Crippen molar-refractivity contribution in [2.24, 2.45) is 0 Å². The number of carbonyl (C=O) groups is 2. The number of amides is 2. The summed E-state index contributed by atoms with van der Waals surface area (Å²) in [6.45, 7) is 5.99. The van der Waals surface area contributed by atoms with E-state index >= 15 is 0 Å². The van der Waals surface area contributed by atoms with Gasteiger partial charge in [-0.15, -0.1) is 0 Å². The molecular weight excluding hydrogens is 678 g/mol. The predicted molar refractivity (Wildman–Crippen MR) is 190 cm³/mol. The van der Waals surface area contributed by atoms with Crippen LogP contribution in [0.4, 0.5) is 5.69 Å². The Morgan fingerprint density at radius 2 is 1.57 bits per heavy atom. The fourth-order valence-electron chi connectivity index (χ4n) is 5.24. The summed E-state index contributed by atoms with van der Waals surface area (Å²) in [5.74, 6) is -0.314. The number of benzene rings is 4. The number of anilines is 1. The van der Waals surface area contributed by atoms with Crippen molar-refractivity contribution in [2.75, 3.05) is 24.5 Å². The number of ether oxygens (including phenoxy) is 1. The van der Waals surface area contributed by atoms with E-state index in [-0.39, 0.29) is 23.8 Å². The maximum atomic E-state index is 14.6. The van der Waals surface area contributed by atoms with Gasteiger partial charge < -0.3 is 15.0 Å². The summed E-state index contributed by atoms with van der Waals surface area (Å²) < 4.78 is 35.5. The average Bonchev–Trinajstić information content (AvgIpc) is 3.06. The Kier molecular flexibility index (Phi) is 12.6. The first-order chi connectivity index (χ1) is 22.5. The number of rotatable bonds is 15. The lowest BCUT2D eigenvalue weighted by molar-refractivity contribution is -0.140. The van der Waals surface area contributed by atoms with Gasteiger partial charge in [-0.05, 0) is 77.7 Å². The van der Waals surface area contributed by atoms with Crippen LogP contribution in [0, 0.1) is 13.8 Å². The zero-order valence-electron chi connectivity index (χ0n) is 27.3. The fourth-order valence-corrected chi connectivity index (χ4v) is 7.37. The number of unbranched alkanes of at least 4 members (excludes halogenated alkanes) is 1. The van der Waals surface area contributed by atoms with Gasteiger partial charge in [0.2, 0.25) is 11.8 Å². The van der Waals surface area contributed by atoms with Crippen LogP contribution >= 0.6 is 15.9 Å². The summed E-state index contributed by atoms with van der Waals surface area (Å²) in [5.41, 5.74) is 4.00. The Balaban J connectivity index is 1.80. The number of halogens is 1. The number of aryl methyl sites for hydroxylation is 2. The first kappa shape index (κ1) is 35.7. The van der Waals surface area contributed by atoms with Crippen molar-refractivity contribution in [3.05, 3.63) is 124 Å². The van der Waals surface area contributed by atoms with Gasteiger partial charge in [-0.2, -0.15) is 0 Å². The molecule has 8 nitrogen and oxygen atoms in total. The first-order valence-electron chi connectivity index (χ1n) is 15.6. The molecule has 0 radical (unpaired) electrons. The molecule has 0 heterocycles. The van der Waals surface area contributed by atoms with Crippen LogP contribution in [0.5, 0.6) is 5.75 Å². The number of nitrogens with zero attached hydrogens (tertiary/aromatic N) is 2. The largest absolute Gasteiger partial charge is 0.496 e. The van der Waals surface area contributed by atoms with Gasteiger partial charge >= 0.3 is 0 Å². The SMILES string of the molecule is CCCCNC(=O)[C@H](Cc1ccccc1)N(Cc1cccc(C)c1)C(=O)CN(c1ccc(C)cc1)S(=O)(=O)c1ccc(OC)c(Br)c1. The van der Waals surface area contributed by atoms with Crippen molar-refractivity contribution in [1.29, 1.82) is 0 Å². The van der Waals surface area contributed by atoms with E-state index in [9.17, 15) is 18.0 Å². The van der Waals surface area contributed by atoms with E-state index in [4.69, 9.17) is 4.74 Å². The van der Waals surface area contributed by atoms with Gasteiger partial charge in [-0.25, -0.2) is 8.42 Å². The van der Waals surface area contributed by atoms with Gasteiger partial charge in [-0.3, -0.25) is 13.9 Å². The minimum absolute atomic E-state index is 0.0121. The summed E-state index contributed by atoms with van der Waals surface area (Å²) in [6.07, 6.45) is 1.96. The second-order valence-corrected chi connectivity index (χ2v) is 14.2. The maximum Gasteiger partial charge on any atom is 0.264 e. The maximum absolute atomic E-state index is 14.6. The van der Waals surface area contributed by atoms with E-state index in [1.54, 1.807) is 30.3 Å². The third-order valence-electron chi connectivity index (χ3n) is 7.85. The summed E-state index contributed by atoms with van der Waals surface area (Å²) >= 11 is 3.40. The van der Waals surface area contributed by atoms with Gasteiger partial charge in [0.1, 0.15) is 18.3 Å². The molecule has 248 valence electrons. The lowest BCUT2D eigenvalue weighted by Crippen LogP contribution is -2.53. The van der Waals surface area contributed by atoms with Gasteiger partial charge in [0.25, 0.3) is 10.0 Å². The molecule has 0 unspecified atom stereocenters. The van der Waals surface area contributed by atoms with Crippen molar-refractivity contribution in [2.45, 2.75) is 57.5 Å². The Hall–Kier alpha value is -4.15. The highest BCUT2D eigenvalue weighted by molar-refractivity contribution is 9.10. The third kappa shape index (κ3) is 9.45. The molecule has 10 heteroatoms. The molecule has 4 aromatic rings. The molecule has 0 bridgehead atoms. The molecule has 1 atom stereocenters. The highest BCUT2D eigenvalue weighted by Crippen LogP contribution is 2.31. The highest BCUT2D eigenvalue weighted by Gasteiger charge is 2.34. The quantitative estimate of drug-likeness (QED) is 0.136. The molecule has 4 aromatic carbocycles. The van der Waals surface area contributed by atoms with E-state index in [1.807, 2.05) is 75.4 Å². The van der Waals surface area contributed by atoms with Crippen LogP contribution < -0.4 is 14.4 Å². The molecule has 4 rings (SSSR count). The number of hydrogen-bond donors (Lipinski definition) is 1. The molecule has 1 N–H and O–H groups in total. The standard InChI is InChI=1S/C37H42BrN3O5S/c1-5-6-21-39-37(43)34(23-29-12-8-7-9-13-29)40(25-30-14-10-11-28(3)22-30)36(42)26-41(31-17-15-27(2)16-18-31)47(44,45)32-19-20-35(46-4)33(38)24-32/h7-20,22,24,34H,5-6,21,23,25-26H2,1-4H3,(H,39,43)/t34-/m0/s1. The van der Waals surface area contributed by atoms with Crippen molar-refractivity contribution >= 4 is 43.5 Å². The van der Waals surface area contributed by atoms with Crippen LogP contribution in [0.2, 0.25) is 0 Å². The number of sulfonamides is 1. The molecular formula is C37H42BrN3O5S. The van der Waals surface area contributed by atoms with Gasteiger partial charge in [0, 0.05) is 19.5 Å².